The van der Waals surface area contributed by atoms with Crippen LogP contribution >= 0.6 is 23.1 Å². The Morgan fingerprint density at radius 1 is 1.36 bits per heavy atom. The maximum Gasteiger partial charge on any atom is 0.573 e. The minimum absolute atomic E-state index is 0.139. The van der Waals surface area contributed by atoms with E-state index in [9.17, 15) is 18.0 Å². The van der Waals surface area contributed by atoms with Gasteiger partial charge in [-0.15, -0.1) is 36.3 Å². The topological polar surface area (TPSA) is 51.2 Å². The van der Waals surface area contributed by atoms with Crippen LogP contribution in [0, 0.1) is 6.92 Å². The Bertz CT molecular complexity index is 702. The lowest BCUT2D eigenvalue weighted by molar-refractivity contribution is -0.274. The van der Waals surface area contributed by atoms with Crippen LogP contribution in [-0.2, 0) is 10.5 Å². The Labute approximate surface area is 151 Å². The highest BCUT2D eigenvalue weighted by Gasteiger charge is 2.31. The number of nitrogens with one attached hydrogen (secondary N) is 1. The number of rotatable bonds is 7. The summed E-state index contributed by atoms with van der Waals surface area (Å²) in [5, 5.41) is 5.77. The first-order valence-corrected chi connectivity index (χ1v) is 9.40. The van der Waals surface area contributed by atoms with Crippen molar-refractivity contribution in [2.75, 3.05) is 5.75 Å². The van der Waals surface area contributed by atoms with Crippen molar-refractivity contribution >= 4 is 29.0 Å². The number of halogens is 3. The van der Waals surface area contributed by atoms with E-state index in [0.29, 0.717) is 11.3 Å². The second kappa shape index (κ2) is 8.57. The van der Waals surface area contributed by atoms with E-state index in [1.54, 1.807) is 18.3 Å². The second-order valence-corrected chi connectivity index (χ2v) is 7.30. The molecule has 2 rings (SSSR count). The van der Waals surface area contributed by atoms with Crippen LogP contribution in [0.5, 0.6) is 5.75 Å². The number of carbonyl (C=O) groups excluding carboxylic acids is 1. The zero-order valence-corrected chi connectivity index (χ0v) is 15.2. The van der Waals surface area contributed by atoms with Gasteiger partial charge in [-0.1, -0.05) is 12.1 Å². The molecule has 0 saturated heterocycles. The summed E-state index contributed by atoms with van der Waals surface area (Å²) >= 11 is 3.03. The summed E-state index contributed by atoms with van der Waals surface area (Å²) in [5.41, 5.74) is 1.65. The molecule has 0 aliphatic heterocycles. The van der Waals surface area contributed by atoms with E-state index in [1.807, 2.05) is 12.3 Å². The second-order valence-electron chi connectivity index (χ2n) is 5.26. The van der Waals surface area contributed by atoms with Gasteiger partial charge < -0.3 is 10.1 Å². The van der Waals surface area contributed by atoms with Crippen LogP contribution in [0.4, 0.5) is 13.2 Å². The third kappa shape index (κ3) is 6.95. The third-order valence-electron chi connectivity index (χ3n) is 3.14. The molecule has 0 saturated carbocycles. The van der Waals surface area contributed by atoms with Crippen LogP contribution in [0.15, 0.2) is 29.6 Å². The number of carbonyl (C=O) groups is 1. The molecule has 2 aromatic rings. The van der Waals surface area contributed by atoms with Crippen molar-refractivity contribution in [3.05, 3.63) is 45.9 Å². The van der Waals surface area contributed by atoms with Gasteiger partial charge in [0, 0.05) is 11.1 Å². The molecule has 1 aromatic heterocycles. The number of nitrogens with zero attached hydrogens (tertiary/aromatic N) is 1. The van der Waals surface area contributed by atoms with Crippen LogP contribution in [0.25, 0.3) is 0 Å². The van der Waals surface area contributed by atoms with Gasteiger partial charge in [0.15, 0.2) is 0 Å². The predicted molar refractivity (Wildman–Crippen MR) is 92.7 cm³/mol. The number of aryl methyl sites for hydroxylation is 1. The van der Waals surface area contributed by atoms with Crippen LogP contribution in [0.1, 0.15) is 29.2 Å². The van der Waals surface area contributed by atoms with E-state index in [4.69, 9.17) is 0 Å². The largest absolute Gasteiger partial charge is 0.573 e. The maximum atomic E-state index is 12.1. The van der Waals surface area contributed by atoms with E-state index in [-0.39, 0.29) is 23.5 Å². The minimum atomic E-state index is -4.71. The first-order valence-electron chi connectivity index (χ1n) is 7.37. The molecule has 0 spiro atoms. The van der Waals surface area contributed by atoms with Crippen molar-refractivity contribution in [2.45, 2.75) is 32.0 Å². The highest BCUT2D eigenvalue weighted by molar-refractivity contribution is 7.99. The fourth-order valence-corrected chi connectivity index (χ4v) is 3.49. The summed E-state index contributed by atoms with van der Waals surface area (Å²) in [6, 6.07) is 5.14. The quantitative estimate of drug-likeness (QED) is 0.758. The number of hydrogen-bond acceptors (Lipinski definition) is 5. The molecule has 1 heterocycles. The van der Waals surface area contributed by atoms with Crippen LogP contribution < -0.4 is 10.1 Å². The number of thioether (sulfide) groups is 1. The zero-order valence-electron chi connectivity index (χ0n) is 13.6. The molecule has 4 nitrogen and oxygen atoms in total. The fraction of sp³-hybridized carbons (Fsp3) is 0.375. The molecule has 0 radical (unpaired) electrons. The number of aromatic nitrogens is 1. The lowest BCUT2D eigenvalue weighted by Crippen LogP contribution is -2.28. The van der Waals surface area contributed by atoms with E-state index in [0.717, 1.165) is 10.7 Å². The van der Waals surface area contributed by atoms with Gasteiger partial charge in [0.25, 0.3) is 0 Å². The number of amides is 1. The number of benzene rings is 1. The van der Waals surface area contributed by atoms with Gasteiger partial charge in [-0.2, -0.15) is 0 Å². The number of alkyl halides is 3. The maximum absolute atomic E-state index is 12.1. The van der Waals surface area contributed by atoms with Crippen LogP contribution in [-0.4, -0.2) is 23.0 Å². The summed E-state index contributed by atoms with van der Waals surface area (Å²) in [6.07, 6.45) is -4.71. The summed E-state index contributed by atoms with van der Waals surface area (Å²) in [6.45, 7) is 3.70. The molecule has 0 bridgehead atoms. The Balaban J connectivity index is 1.78. The molecule has 1 amide bonds. The molecule has 0 fully saturated rings. The van der Waals surface area contributed by atoms with E-state index in [2.05, 4.69) is 15.0 Å². The molecule has 25 heavy (non-hydrogen) atoms. The number of hydrogen-bond donors (Lipinski definition) is 1. The average molecular weight is 390 g/mol. The van der Waals surface area contributed by atoms with E-state index in [1.165, 1.54) is 36.0 Å². The summed E-state index contributed by atoms with van der Waals surface area (Å²) in [7, 11) is 0. The van der Waals surface area contributed by atoms with Crippen molar-refractivity contribution in [3.63, 3.8) is 0 Å². The normalized spacial score (nSPS) is 12.7. The molecular formula is C16H17F3N2O2S2. The first-order chi connectivity index (χ1) is 11.7. The lowest BCUT2D eigenvalue weighted by Gasteiger charge is -2.15. The molecule has 1 atom stereocenters. The molecular weight excluding hydrogens is 373 g/mol. The Morgan fingerprint density at radius 2 is 2.04 bits per heavy atom. The highest BCUT2D eigenvalue weighted by atomic mass is 32.2. The summed E-state index contributed by atoms with van der Waals surface area (Å²) in [5.74, 6) is 0.523. The standard InChI is InChI=1S/C16H17F3N2O2S2/c1-10(12-3-5-14(6-4-12)23-16(17,18)19)20-15(22)9-24-7-13-8-25-11(2)21-13/h3-6,8,10H,7,9H2,1-2H3,(H,20,22)/t10-/m1/s1. The van der Waals surface area contributed by atoms with Crippen molar-refractivity contribution in [1.82, 2.24) is 10.3 Å². The van der Waals surface area contributed by atoms with E-state index < -0.39 is 6.36 Å². The molecule has 1 N–H and O–H groups in total. The Kier molecular flexibility index (Phi) is 6.71. The van der Waals surface area contributed by atoms with Gasteiger partial charge in [0.05, 0.1) is 22.5 Å². The lowest BCUT2D eigenvalue weighted by atomic mass is 10.1. The molecule has 9 heteroatoms. The highest BCUT2D eigenvalue weighted by Crippen LogP contribution is 2.24. The van der Waals surface area contributed by atoms with Crippen molar-refractivity contribution < 1.29 is 22.7 Å². The molecule has 1 aromatic carbocycles. The molecule has 0 aliphatic rings. The fourth-order valence-electron chi connectivity index (χ4n) is 2.05. The van der Waals surface area contributed by atoms with Gasteiger partial charge >= 0.3 is 6.36 Å². The first kappa shape index (κ1) is 19.6. The average Bonchev–Trinajstić information content (AvgIpc) is 2.91. The van der Waals surface area contributed by atoms with Gasteiger partial charge in [0.1, 0.15) is 5.75 Å². The number of thiazole rings is 1. The van der Waals surface area contributed by atoms with Crippen LogP contribution in [0.3, 0.4) is 0 Å². The predicted octanol–water partition coefficient (Wildman–Crippen LogP) is 4.46. The van der Waals surface area contributed by atoms with E-state index >= 15 is 0 Å². The molecule has 136 valence electrons. The van der Waals surface area contributed by atoms with Gasteiger partial charge in [-0.25, -0.2) is 4.98 Å². The summed E-state index contributed by atoms with van der Waals surface area (Å²) in [4.78, 5) is 16.3. The summed E-state index contributed by atoms with van der Waals surface area (Å²) < 4.78 is 40.2. The minimum Gasteiger partial charge on any atom is -0.406 e. The van der Waals surface area contributed by atoms with Gasteiger partial charge in [-0.05, 0) is 31.5 Å². The smallest absolute Gasteiger partial charge is 0.406 e. The zero-order chi connectivity index (χ0) is 18.4. The van der Waals surface area contributed by atoms with Gasteiger partial charge in [-0.3, -0.25) is 4.79 Å². The van der Waals surface area contributed by atoms with Crippen molar-refractivity contribution in [3.8, 4) is 5.75 Å². The Morgan fingerprint density at radius 3 is 2.60 bits per heavy atom. The molecule has 0 aliphatic carbocycles. The third-order valence-corrected chi connectivity index (χ3v) is 4.93. The van der Waals surface area contributed by atoms with Crippen LogP contribution in [0.2, 0.25) is 0 Å². The monoisotopic (exact) mass is 390 g/mol. The molecule has 0 unspecified atom stereocenters. The Hall–Kier alpha value is -1.74. The van der Waals surface area contributed by atoms with Crippen molar-refractivity contribution in [1.29, 1.82) is 0 Å². The van der Waals surface area contributed by atoms with Crippen molar-refractivity contribution in [2.24, 2.45) is 0 Å². The number of ether oxygens (including phenoxy) is 1. The SMILES string of the molecule is Cc1nc(CSCC(=O)N[C@H](C)c2ccc(OC(F)(F)F)cc2)cs1. The van der Waals surface area contributed by atoms with Gasteiger partial charge in [0.2, 0.25) is 5.91 Å².